The summed E-state index contributed by atoms with van der Waals surface area (Å²) in [7, 11) is 1.50. The van der Waals surface area contributed by atoms with Crippen LogP contribution >= 0.6 is 0 Å². The Labute approximate surface area is 191 Å². The number of alkyl carbamates (subject to hydrolysis) is 1. The third kappa shape index (κ3) is 4.66. The Kier molecular flexibility index (Phi) is 6.58. The molecule has 0 fully saturated rings. The van der Waals surface area contributed by atoms with E-state index in [0.29, 0.717) is 11.3 Å². The molecule has 166 valence electrons. The number of carbonyl (C=O) groups excluding carboxylic acids is 2. The normalized spacial score (nSPS) is 11.5. The number of nitrogens with one attached hydrogen (secondary N) is 2. The van der Waals surface area contributed by atoms with Crippen molar-refractivity contribution in [1.29, 1.82) is 0 Å². The molecule has 4 rings (SSSR count). The van der Waals surface area contributed by atoms with E-state index < -0.39 is 12.0 Å². The van der Waals surface area contributed by atoms with Crippen LogP contribution in [0.3, 0.4) is 0 Å². The summed E-state index contributed by atoms with van der Waals surface area (Å²) in [6, 6.07) is 21.2. The first-order valence-corrected chi connectivity index (χ1v) is 10.4. The molecule has 2 amide bonds. The van der Waals surface area contributed by atoms with Gasteiger partial charge in [0.25, 0.3) is 5.91 Å². The standard InChI is InChI=1S/C26H23N3O4/c1-32-18-13-12-17(23(15-18)25(30)29-27)7-6-14-28-26(31)33-16-24-21-10-4-2-8-19(21)20-9-3-5-11-22(20)24/h2-5,8-13,15,24H,14,16,27H2,1H3,(H,28,31)(H,29,30). The summed E-state index contributed by atoms with van der Waals surface area (Å²) in [5.74, 6) is 11.0. The number of hydrogen-bond donors (Lipinski definition) is 3. The van der Waals surface area contributed by atoms with E-state index in [4.69, 9.17) is 15.3 Å². The number of nitrogen functional groups attached to an aromatic ring is 1. The van der Waals surface area contributed by atoms with Crippen LogP contribution in [0.2, 0.25) is 0 Å². The summed E-state index contributed by atoms with van der Waals surface area (Å²) in [6.07, 6.45) is -0.555. The molecule has 7 heteroatoms. The lowest BCUT2D eigenvalue weighted by Crippen LogP contribution is -2.30. The fraction of sp³-hybridized carbons (Fsp3) is 0.154. The number of hydrazine groups is 1. The van der Waals surface area contributed by atoms with Gasteiger partial charge in [0.2, 0.25) is 0 Å². The summed E-state index contributed by atoms with van der Waals surface area (Å²) in [5.41, 5.74) is 7.48. The van der Waals surface area contributed by atoms with Gasteiger partial charge in [-0.1, -0.05) is 60.4 Å². The van der Waals surface area contributed by atoms with Crippen molar-refractivity contribution < 1.29 is 19.1 Å². The molecule has 0 spiro atoms. The zero-order chi connectivity index (χ0) is 23.2. The fourth-order valence-corrected chi connectivity index (χ4v) is 3.93. The van der Waals surface area contributed by atoms with Crippen molar-refractivity contribution in [1.82, 2.24) is 10.7 Å². The predicted molar refractivity (Wildman–Crippen MR) is 125 cm³/mol. The molecule has 0 unspecified atom stereocenters. The Bertz CT molecular complexity index is 1210. The first kappa shape index (κ1) is 21.9. The highest BCUT2D eigenvalue weighted by molar-refractivity contribution is 5.96. The molecule has 3 aromatic rings. The van der Waals surface area contributed by atoms with Crippen LogP contribution in [0.5, 0.6) is 5.75 Å². The lowest BCUT2D eigenvalue weighted by molar-refractivity contribution is 0.0953. The van der Waals surface area contributed by atoms with E-state index in [1.807, 2.05) is 24.3 Å². The van der Waals surface area contributed by atoms with Crippen molar-refractivity contribution in [2.24, 2.45) is 5.84 Å². The first-order valence-electron chi connectivity index (χ1n) is 10.4. The average Bonchev–Trinajstić information content (AvgIpc) is 3.18. The van der Waals surface area contributed by atoms with Gasteiger partial charge in [-0.3, -0.25) is 10.2 Å². The highest BCUT2D eigenvalue weighted by Crippen LogP contribution is 2.44. The first-order chi connectivity index (χ1) is 16.1. The third-order valence-corrected chi connectivity index (χ3v) is 5.49. The number of methoxy groups -OCH3 is 1. The summed E-state index contributed by atoms with van der Waals surface area (Å²) < 4.78 is 10.6. The van der Waals surface area contributed by atoms with Crippen molar-refractivity contribution >= 4 is 12.0 Å². The number of hydrogen-bond acceptors (Lipinski definition) is 5. The lowest BCUT2D eigenvalue weighted by Gasteiger charge is -2.14. The molecule has 0 saturated carbocycles. The Morgan fingerprint density at radius 2 is 1.67 bits per heavy atom. The lowest BCUT2D eigenvalue weighted by atomic mass is 9.98. The largest absolute Gasteiger partial charge is 0.497 e. The van der Waals surface area contributed by atoms with Gasteiger partial charge in [-0.25, -0.2) is 10.6 Å². The maximum atomic E-state index is 12.2. The Hall–Kier alpha value is -4.28. The Morgan fingerprint density at radius 1 is 1.00 bits per heavy atom. The van der Waals surface area contributed by atoms with Crippen molar-refractivity contribution in [3.63, 3.8) is 0 Å². The third-order valence-electron chi connectivity index (χ3n) is 5.49. The summed E-state index contributed by atoms with van der Waals surface area (Å²) in [5, 5.41) is 2.63. The second kappa shape index (κ2) is 9.90. The predicted octanol–water partition coefficient (Wildman–Crippen LogP) is 3.19. The van der Waals surface area contributed by atoms with Gasteiger partial charge in [-0.2, -0.15) is 0 Å². The summed E-state index contributed by atoms with van der Waals surface area (Å²) in [6.45, 7) is 0.291. The molecule has 0 bridgehead atoms. The fourth-order valence-electron chi connectivity index (χ4n) is 3.93. The van der Waals surface area contributed by atoms with Gasteiger partial charge in [0, 0.05) is 11.5 Å². The SMILES string of the molecule is COc1ccc(C#CCNC(=O)OCC2c3ccccc3-c3ccccc32)c(C(=O)NN)c1. The average molecular weight is 441 g/mol. The highest BCUT2D eigenvalue weighted by Gasteiger charge is 2.28. The molecular formula is C26H23N3O4. The quantitative estimate of drug-likeness (QED) is 0.244. The molecule has 1 aliphatic rings. The van der Waals surface area contributed by atoms with Gasteiger partial charge in [0.1, 0.15) is 12.4 Å². The van der Waals surface area contributed by atoms with E-state index in [1.54, 1.807) is 18.2 Å². The van der Waals surface area contributed by atoms with Gasteiger partial charge in [-0.05, 0) is 40.5 Å². The van der Waals surface area contributed by atoms with Crippen LogP contribution in [0.4, 0.5) is 4.79 Å². The van der Waals surface area contributed by atoms with E-state index in [0.717, 1.165) is 11.1 Å². The maximum absolute atomic E-state index is 12.2. The number of benzene rings is 3. The van der Waals surface area contributed by atoms with Gasteiger partial charge < -0.3 is 14.8 Å². The molecule has 0 radical (unpaired) electrons. The number of fused-ring (bicyclic) bond motifs is 3. The second-order valence-corrected chi connectivity index (χ2v) is 7.37. The van der Waals surface area contributed by atoms with Crippen molar-refractivity contribution in [3.05, 3.63) is 89.0 Å². The smallest absolute Gasteiger partial charge is 0.407 e. The zero-order valence-electron chi connectivity index (χ0n) is 18.1. The van der Waals surface area contributed by atoms with E-state index in [-0.39, 0.29) is 24.6 Å². The molecule has 0 aliphatic heterocycles. The van der Waals surface area contributed by atoms with Crippen LogP contribution in [0, 0.1) is 11.8 Å². The Balaban J connectivity index is 1.37. The van der Waals surface area contributed by atoms with Gasteiger partial charge >= 0.3 is 6.09 Å². The van der Waals surface area contributed by atoms with Gasteiger partial charge in [-0.15, -0.1) is 0 Å². The molecule has 33 heavy (non-hydrogen) atoms. The van der Waals surface area contributed by atoms with E-state index >= 15 is 0 Å². The van der Waals surface area contributed by atoms with Crippen LogP contribution in [-0.4, -0.2) is 32.3 Å². The van der Waals surface area contributed by atoms with Gasteiger partial charge in [0.15, 0.2) is 0 Å². The molecule has 3 aromatic carbocycles. The monoisotopic (exact) mass is 441 g/mol. The van der Waals surface area contributed by atoms with Gasteiger partial charge in [0.05, 0.1) is 19.2 Å². The molecule has 0 heterocycles. The summed E-state index contributed by atoms with van der Waals surface area (Å²) in [4.78, 5) is 24.2. The minimum absolute atomic E-state index is 0.00846. The second-order valence-electron chi connectivity index (χ2n) is 7.37. The summed E-state index contributed by atoms with van der Waals surface area (Å²) >= 11 is 0. The number of carbonyl (C=O) groups is 2. The minimum atomic E-state index is -0.555. The van der Waals surface area contributed by atoms with Crippen molar-refractivity contribution in [3.8, 4) is 28.7 Å². The molecule has 0 saturated heterocycles. The van der Waals surface area contributed by atoms with Crippen molar-refractivity contribution in [2.75, 3.05) is 20.3 Å². The zero-order valence-corrected chi connectivity index (χ0v) is 18.1. The van der Waals surface area contributed by atoms with Crippen LogP contribution in [0.25, 0.3) is 11.1 Å². The molecule has 4 N–H and O–H groups in total. The number of ether oxygens (including phenoxy) is 2. The topological polar surface area (TPSA) is 103 Å². The maximum Gasteiger partial charge on any atom is 0.407 e. The Morgan fingerprint density at radius 3 is 2.30 bits per heavy atom. The highest BCUT2D eigenvalue weighted by atomic mass is 16.5. The van der Waals surface area contributed by atoms with Crippen LogP contribution in [0.1, 0.15) is 33.0 Å². The molecule has 7 nitrogen and oxygen atoms in total. The molecule has 0 atom stereocenters. The number of nitrogens with two attached hydrogens (primary N) is 1. The van der Waals surface area contributed by atoms with Crippen molar-refractivity contribution in [2.45, 2.75) is 5.92 Å². The van der Waals surface area contributed by atoms with E-state index in [9.17, 15) is 9.59 Å². The van der Waals surface area contributed by atoms with Crippen LogP contribution in [0.15, 0.2) is 66.7 Å². The minimum Gasteiger partial charge on any atom is -0.497 e. The van der Waals surface area contributed by atoms with Crippen LogP contribution < -0.4 is 21.3 Å². The number of amides is 2. The van der Waals surface area contributed by atoms with E-state index in [1.165, 1.54) is 18.2 Å². The van der Waals surface area contributed by atoms with Crippen LogP contribution in [-0.2, 0) is 4.74 Å². The molecule has 1 aliphatic carbocycles. The molecule has 0 aromatic heterocycles. The van der Waals surface area contributed by atoms with E-state index in [2.05, 4.69) is 46.8 Å². The number of rotatable bonds is 5. The molecular weight excluding hydrogens is 418 g/mol.